The summed E-state index contributed by atoms with van der Waals surface area (Å²) in [6.07, 6.45) is 12.5. The molecule has 1 aromatic rings. The van der Waals surface area contributed by atoms with Crippen molar-refractivity contribution in [2.45, 2.75) is 20.8 Å². The Morgan fingerprint density at radius 3 is 2.32 bits per heavy atom. The molecule has 0 atom stereocenters. The van der Waals surface area contributed by atoms with Crippen molar-refractivity contribution < 1.29 is 0 Å². The van der Waals surface area contributed by atoms with Gasteiger partial charge in [0.15, 0.2) is 0 Å². The van der Waals surface area contributed by atoms with Crippen molar-refractivity contribution in [2.24, 2.45) is 0 Å². The van der Waals surface area contributed by atoms with Gasteiger partial charge in [-0.15, -0.1) is 0 Å². The van der Waals surface area contributed by atoms with Gasteiger partial charge in [-0.25, -0.2) is 0 Å². The first-order chi connectivity index (χ1) is 9.19. The van der Waals surface area contributed by atoms with E-state index in [0.717, 1.165) is 11.1 Å². The summed E-state index contributed by atoms with van der Waals surface area (Å²) in [6, 6.07) is 10.2. The van der Waals surface area contributed by atoms with Gasteiger partial charge in [0.05, 0.1) is 0 Å². The van der Waals surface area contributed by atoms with Crippen LogP contribution in [0.5, 0.6) is 0 Å². The van der Waals surface area contributed by atoms with Crippen LogP contribution in [0.3, 0.4) is 0 Å². The zero-order valence-corrected chi connectivity index (χ0v) is 12.1. The van der Waals surface area contributed by atoms with E-state index in [1.165, 1.54) is 11.1 Å². The van der Waals surface area contributed by atoms with Gasteiger partial charge < -0.3 is 0 Å². The lowest BCUT2D eigenvalue weighted by atomic mass is 10.0. The van der Waals surface area contributed by atoms with Gasteiger partial charge in [0, 0.05) is 0 Å². The molecule has 0 heterocycles. The summed E-state index contributed by atoms with van der Waals surface area (Å²) in [6.45, 7) is 10.3. The summed E-state index contributed by atoms with van der Waals surface area (Å²) in [7, 11) is 0. The van der Waals surface area contributed by atoms with Crippen molar-refractivity contribution in [1.29, 1.82) is 0 Å². The van der Waals surface area contributed by atoms with E-state index in [1.54, 1.807) is 0 Å². The highest BCUT2D eigenvalue weighted by Gasteiger charge is 1.93. The third-order valence-electron chi connectivity index (χ3n) is 2.90. The van der Waals surface area contributed by atoms with Crippen molar-refractivity contribution in [3.8, 4) is 0 Å². The van der Waals surface area contributed by atoms with Crippen molar-refractivity contribution in [1.82, 2.24) is 0 Å². The fraction of sp³-hybridized carbons (Fsp3) is 0.158. The van der Waals surface area contributed by atoms with Crippen molar-refractivity contribution in [3.05, 3.63) is 90.1 Å². The molecule has 0 N–H and O–H groups in total. The monoisotopic (exact) mass is 250 g/mol. The second-order valence-corrected chi connectivity index (χ2v) is 4.34. The summed E-state index contributed by atoms with van der Waals surface area (Å²) in [4.78, 5) is 0. The highest BCUT2D eigenvalue weighted by molar-refractivity contribution is 5.72. The fourth-order valence-corrected chi connectivity index (χ4v) is 1.79. The van der Waals surface area contributed by atoms with Gasteiger partial charge >= 0.3 is 0 Å². The molecule has 0 fully saturated rings. The van der Waals surface area contributed by atoms with E-state index in [-0.39, 0.29) is 0 Å². The van der Waals surface area contributed by atoms with Gasteiger partial charge in [-0.05, 0) is 43.1 Å². The normalized spacial score (nSPS) is 13.4. The van der Waals surface area contributed by atoms with Crippen LogP contribution in [0.2, 0.25) is 0 Å². The lowest BCUT2D eigenvalue weighted by Gasteiger charge is -2.01. The molecule has 0 saturated carbocycles. The van der Waals surface area contributed by atoms with Crippen LogP contribution in [0.4, 0.5) is 0 Å². The Hall–Kier alpha value is -2.08. The average molecular weight is 250 g/mol. The number of hydrogen-bond acceptors (Lipinski definition) is 0. The standard InChI is InChI=1S/C19H22/c1-5-11-18(6-2)16(3)12-10-13-17(4)19-14-8-7-9-15-19/h5-15H,4H2,1-3H3/b11-5-,13-10-,16-12+,18-6?. The second-order valence-electron chi connectivity index (χ2n) is 4.34. The van der Waals surface area contributed by atoms with E-state index in [9.17, 15) is 0 Å². The summed E-state index contributed by atoms with van der Waals surface area (Å²) in [5, 5.41) is 0. The molecule has 0 unspecified atom stereocenters. The summed E-state index contributed by atoms with van der Waals surface area (Å²) >= 11 is 0. The van der Waals surface area contributed by atoms with Gasteiger partial charge in [-0.2, -0.15) is 0 Å². The highest BCUT2D eigenvalue weighted by atomic mass is 14.0. The van der Waals surface area contributed by atoms with E-state index in [4.69, 9.17) is 0 Å². The van der Waals surface area contributed by atoms with E-state index < -0.39 is 0 Å². The third kappa shape index (κ3) is 4.97. The summed E-state index contributed by atoms with van der Waals surface area (Å²) in [5.74, 6) is 0. The van der Waals surface area contributed by atoms with Gasteiger partial charge in [0.2, 0.25) is 0 Å². The van der Waals surface area contributed by atoms with Crippen molar-refractivity contribution in [3.63, 3.8) is 0 Å². The van der Waals surface area contributed by atoms with Crippen LogP contribution in [-0.2, 0) is 0 Å². The maximum absolute atomic E-state index is 4.08. The Morgan fingerprint density at radius 2 is 1.74 bits per heavy atom. The Labute approximate surface area is 117 Å². The van der Waals surface area contributed by atoms with E-state index in [2.05, 4.69) is 62.9 Å². The molecule has 0 radical (unpaired) electrons. The first kappa shape index (κ1) is 15.0. The Balaban J connectivity index is 2.75. The summed E-state index contributed by atoms with van der Waals surface area (Å²) in [5.41, 5.74) is 4.68. The number of hydrogen-bond donors (Lipinski definition) is 0. The van der Waals surface area contributed by atoms with Crippen LogP contribution in [-0.4, -0.2) is 0 Å². The van der Waals surface area contributed by atoms with Gasteiger partial charge in [0.25, 0.3) is 0 Å². The largest absolute Gasteiger partial charge is 0.0912 e. The molecule has 19 heavy (non-hydrogen) atoms. The quantitative estimate of drug-likeness (QED) is 0.586. The number of benzene rings is 1. The van der Waals surface area contributed by atoms with Crippen LogP contribution < -0.4 is 0 Å². The molecule has 0 heteroatoms. The summed E-state index contributed by atoms with van der Waals surface area (Å²) < 4.78 is 0. The first-order valence-electron chi connectivity index (χ1n) is 6.57. The van der Waals surface area contributed by atoms with Crippen molar-refractivity contribution in [2.75, 3.05) is 0 Å². The predicted molar refractivity (Wildman–Crippen MR) is 86.9 cm³/mol. The van der Waals surface area contributed by atoms with E-state index in [1.807, 2.05) is 31.2 Å². The number of rotatable bonds is 5. The maximum Gasteiger partial charge on any atom is -0.0190 e. The first-order valence-corrected chi connectivity index (χ1v) is 6.57. The minimum Gasteiger partial charge on any atom is -0.0912 e. The smallest absolute Gasteiger partial charge is 0.0190 e. The van der Waals surface area contributed by atoms with Gasteiger partial charge in [-0.3, -0.25) is 0 Å². The molecule has 1 aromatic carbocycles. The molecule has 0 nitrogen and oxygen atoms in total. The molecular weight excluding hydrogens is 228 g/mol. The van der Waals surface area contributed by atoms with Crippen LogP contribution in [0, 0.1) is 0 Å². The van der Waals surface area contributed by atoms with Gasteiger partial charge in [0.1, 0.15) is 0 Å². The molecule has 0 saturated heterocycles. The molecule has 0 aromatic heterocycles. The topological polar surface area (TPSA) is 0 Å². The molecule has 0 bridgehead atoms. The molecule has 98 valence electrons. The minimum atomic E-state index is 1.03. The maximum atomic E-state index is 4.08. The van der Waals surface area contributed by atoms with Gasteiger partial charge in [-0.1, -0.05) is 73.4 Å². The Kier molecular flexibility index (Phi) is 6.38. The SMILES string of the molecule is C=C(/C=C\C=C(/C)C(=CC)/C=C\C)c1ccccc1. The lowest BCUT2D eigenvalue weighted by Crippen LogP contribution is -1.80. The molecule has 0 aliphatic heterocycles. The van der Waals surface area contributed by atoms with Crippen LogP contribution in [0.25, 0.3) is 5.57 Å². The van der Waals surface area contributed by atoms with Crippen LogP contribution in [0.1, 0.15) is 26.3 Å². The molecule has 0 aliphatic rings. The molecule has 1 rings (SSSR count). The lowest BCUT2D eigenvalue weighted by molar-refractivity contribution is 1.40. The highest BCUT2D eigenvalue weighted by Crippen LogP contribution is 2.14. The van der Waals surface area contributed by atoms with Crippen molar-refractivity contribution >= 4 is 5.57 Å². The average Bonchev–Trinajstić information content (AvgIpc) is 2.45. The zero-order valence-electron chi connectivity index (χ0n) is 12.1. The zero-order chi connectivity index (χ0) is 14.1. The molecule has 0 aliphatic carbocycles. The van der Waals surface area contributed by atoms with Crippen LogP contribution in [0.15, 0.2) is 84.5 Å². The Bertz CT molecular complexity index is 522. The Morgan fingerprint density at radius 1 is 1.05 bits per heavy atom. The molecule has 0 spiro atoms. The molecule has 0 amide bonds. The molecular formula is C19H22. The fourth-order valence-electron chi connectivity index (χ4n) is 1.79. The minimum absolute atomic E-state index is 1.03. The second kappa shape index (κ2) is 8.10. The number of allylic oxidation sites excluding steroid dienone is 9. The third-order valence-corrected chi connectivity index (χ3v) is 2.90. The van der Waals surface area contributed by atoms with E-state index >= 15 is 0 Å². The van der Waals surface area contributed by atoms with E-state index in [0.29, 0.717) is 0 Å². The predicted octanol–water partition coefficient (Wildman–Crippen LogP) is 5.72. The van der Waals surface area contributed by atoms with Crippen LogP contribution >= 0.6 is 0 Å².